The minimum absolute atomic E-state index is 0.0397. The molecule has 6 heteroatoms. The van der Waals surface area contributed by atoms with Crippen molar-refractivity contribution in [1.82, 2.24) is 4.57 Å². The van der Waals surface area contributed by atoms with E-state index in [0.29, 0.717) is 11.5 Å². The van der Waals surface area contributed by atoms with Crippen LogP contribution in [0.3, 0.4) is 0 Å². The second kappa shape index (κ2) is 6.56. The number of benzene rings is 1. The molecule has 0 atom stereocenters. The summed E-state index contributed by atoms with van der Waals surface area (Å²) in [5.74, 6) is 0.615. The number of phenolic OH excluding ortho intramolecular Hbond substituents is 1. The zero-order valence-electron chi connectivity index (χ0n) is 14.0. The smallest absolute Gasteiger partial charge is 0.498 e. The molecule has 0 unspecified atom stereocenters. The van der Waals surface area contributed by atoms with Crippen LogP contribution in [0, 0.1) is 6.92 Å². The number of phenols is 1. The van der Waals surface area contributed by atoms with Crippen molar-refractivity contribution in [2.75, 3.05) is 14.2 Å². The average Bonchev–Trinajstić information content (AvgIpc) is 2.55. The number of aromatic nitrogens is 2. The quantitative estimate of drug-likeness (QED) is 0.866. The number of hydrogen-bond donors (Lipinski definition) is 1. The number of rotatable bonds is 4. The summed E-state index contributed by atoms with van der Waals surface area (Å²) in [5.41, 5.74) is 2.34. The molecule has 0 amide bonds. The van der Waals surface area contributed by atoms with E-state index in [0.717, 1.165) is 17.0 Å². The number of nitrogens with zero attached hydrogens (tertiary/aromatic N) is 2. The molecule has 0 spiro atoms. The molecule has 0 saturated heterocycles. The lowest BCUT2D eigenvalue weighted by molar-refractivity contribution is -0.692. The normalized spacial score (nSPS) is 11.0. The van der Waals surface area contributed by atoms with Gasteiger partial charge < -0.3 is 14.6 Å². The molecule has 0 fully saturated rings. The molecule has 23 heavy (non-hydrogen) atoms. The van der Waals surface area contributed by atoms with Crippen molar-refractivity contribution in [2.24, 2.45) is 14.1 Å². The molecule has 0 radical (unpaired) electrons. The maximum Gasteiger partial charge on any atom is 0.498 e. The summed E-state index contributed by atoms with van der Waals surface area (Å²) in [6.45, 7) is 1.88. The minimum atomic E-state index is -0.0921. The third-order valence-electron chi connectivity index (χ3n) is 3.80. The van der Waals surface area contributed by atoms with Crippen LogP contribution in [-0.2, 0) is 14.1 Å². The van der Waals surface area contributed by atoms with Crippen LogP contribution in [0.25, 0.3) is 12.2 Å². The average molecular weight is 317 g/mol. The van der Waals surface area contributed by atoms with Gasteiger partial charge in [-0.15, -0.1) is 0 Å². The molecular formula is C17H21N2O4+. The van der Waals surface area contributed by atoms with Crippen LogP contribution in [0.15, 0.2) is 23.0 Å². The van der Waals surface area contributed by atoms with Crippen molar-refractivity contribution in [1.29, 1.82) is 0 Å². The van der Waals surface area contributed by atoms with E-state index < -0.39 is 0 Å². The van der Waals surface area contributed by atoms with Crippen molar-refractivity contribution in [3.63, 3.8) is 0 Å². The molecule has 0 aliphatic heterocycles. The van der Waals surface area contributed by atoms with E-state index in [1.807, 2.05) is 25.1 Å². The van der Waals surface area contributed by atoms with E-state index in [2.05, 4.69) is 0 Å². The van der Waals surface area contributed by atoms with Crippen molar-refractivity contribution in [2.45, 2.75) is 6.92 Å². The standard InChI is InChI=1S/C17H20N2O4/c1-11-8-13(19(3)17(21)18(11)2)7-6-12-9-14(22-4)16(20)15(10-12)23-5/h6-10H,1-5H3/p+1. The first-order chi connectivity index (χ1) is 10.9. The van der Waals surface area contributed by atoms with Crippen LogP contribution in [-0.4, -0.2) is 23.9 Å². The van der Waals surface area contributed by atoms with Crippen molar-refractivity contribution in [3.05, 3.63) is 45.6 Å². The predicted octanol–water partition coefficient (Wildman–Crippen LogP) is 1.41. The number of ether oxygens (including phenoxy) is 2. The first-order valence-corrected chi connectivity index (χ1v) is 7.08. The molecule has 1 aromatic heterocycles. The first-order valence-electron chi connectivity index (χ1n) is 7.08. The highest BCUT2D eigenvalue weighted by molar-refractivity contribution is 5.70. The van der Waals surface area contributed by atoms with E-state index in [-0.39, 0.29) is 11.4 Å². The number of aryl methyl sites for hydroxylation is 1. The molecule has 1 aromatic carbocycles. The van der Waals surface area contributed by atoms with E-state index in [1.54, 1.807) is 35.4 Å². The van der Waals surface area contributed by atoms with Crippen LogP contribution >= 0.6 is 0 Å². The summed E-state index contributed by atoms with van der Waals surface area (Å²) in [5, 5.41) is 9.92. The van der Waals surface area contributed by atoms with E-state index in [1.165, 1.54) is 14.2 Å². The lowest BCUT2D eigenvalue weighted by Gasteiger charge is -2.09. The van der Waals surface area contributed by atoms with Gasteiger partial charge in [-0.1, -0.05) is 6.08 Å². The van der Waals surface area contributed by atoms with Gasteiger partial charge >= 0.3 is 5.69 Å². The van der Waals surface area contributed by atoms with Gasteiger partial charge in [-0.25, -0.2) is 0 Å². The Hall–Kier alpha value is -2.76. The van der Waals surface area contributed by atoms with Gasteiger partial charge in [0.05, 0.1) is 28.3 Å². The monoisotopic (exact) mass is 317 g/mol. The Bertz CT molecular complexity index is 797. The number of hydrogen-bond acceptors (Lipinski definition) is 4. The summed E-state index contributed by atoms with van der Waals surface area (Å²) in [4.78, 5) is 12.1. The molecule has 0 saturated carbocycles. The fourth-order valence-electron chi connectivity index (χ4n) is 2.25. The summed E-state index contributed by atoms with van der Waals surface area (Å²) in [6.07, 6.45) is 3.67. The Morgan fingerprint density at radius 1 is 1.13 bits per heavy atom. The number of aromatic hydroxyl groups is 1. The summed E-state index contributed by atoms with van der Waals surface area (Å²) >= 11 is 0. The Balaban J connectivity index is 2.47. The highest BCUT2D eigenvalue weighted by Gasteiger charge is 2.12. The van der Waals surface area contributed by atoms with Gasteiger partial charge in [0.2, 0.25) is 5.75 Å². The molecule has 6 nitrogen and oxygen atoms in total. The molecule has 0 aliphatic rings. The highest BCUT2D eigenvalue weighted by Crippen LogP contribution is 2.37. The van der Waals surface area contributed by atoms with Gasteiger partial charge in [-0.05, 0) is 30.7 Å². The third kappa shape index (κ3) is 3.21. The second-order valence-electron chi connectivity index (χ2n) is 5.22. The molecule has 122 valence electrons. The van der Waals surface area contributed by atoms with Crippen LogP contribution in [0.1, 0.15) is 17.0 Å². The largest absolute Gasteiger partial charge is 0.502 e. The Labute approximate surface area is 134 Å². The molecule has 0 aliphatic carbocycles. The van der Waals surface area contributed by atoms with Crippen LogP contribution in [0.5, 0.6) is 17.2 Å². The van der Waals surface area contributed by atoms with Crippen molar-refractivity contribution in [3.8, 4) is 17.2 Å². The van der Waals surface area contributed by atoms with Gasteiger partial charge in [0, 0.05) is 6.07 Å². The van der Waals surface area contributed by atoms with Crippen molar-refractivity contribution < 1.29 is 19.1 Å². The van der Waals surface area contributed by atoms with Gasteiger partial charge in [-0.2, -0.15) is 13.9 Å². The Morgan fingerprint density at radius 3 is 2.22 bits per heavy atom. The van der Waals surface area contributed by atoms with E-state index in [9.17, 15) is 9.90 Å². The van der Waals surface area contributed by atoms with Crippen LogP contribution in [0.4, 0.5) is 0 Å². The Kier molecular flexibility index (Phi) is 4.74. The van der Waals surface area contributed by atoms with E-state index >= 15 is 0 Å². The van der Waals surface area contributed by atoms with Gasteiger partial charge in [0.1, 0.15) is 11.4 Å². The Morgan fingerprint density at radius 2 is 1.70 bits per heavy atom. The molecule has 1 N–H and O–H groups in total. The highest BCUT2D eigenvalue weighted by atomic mass is 16.5. The summed E-state index contributed by atoms with van der Waals surface area (Å²) < 4.78 is 13.4. The predicted molar refractivity (Wildman–Crippen MR) is 87.7 cm³/mol. The minimum Gasteiger partial charge on any atom is -0.502 e. The van der Waals surface area contributed by atoms with Crippen LogP contribution in [0.2, 0.25) is 0 Å². The number of methoxy groups -OCH3 is 2. The lowest BCUT2D eigenvalue weighted by Crippen LogP contribution is -2.53. The fraction of sp³-hybridized carbons (Fsp3) is 0.294. The lowest BCUT2D eigenvalue weighted by atomic mass is 10.1. The van der Waals surface area contributed by atoms with E-state index in [4.69, 9.17) is 9.47 Å². The second-order valence-corrected chi connectivity index (χ2v) is 5.22. The maximum absolute atomic E-state index is 12.1. The molecular weight excluding hydrogens is 296 g/mol. The van der Waals surface area contributed by atoms with Gasteiger partial charge in [0.25, 0.3) is 0 Å². The first kappa shape index (κ1) is 16.6. The maximum atomic E-state index is 12.1. The topological polar surface area (TPSA) is 64.6 Å². The van der Waals surface area contributed by atoms with Crippen LogP contribution < -0.4 is 19.7 Å². The van der Waals surface area contributed by atoms with Crippen molar-refractivity contribution >= 4 is 12.2 Å². The molecule has 2 aromatic rings. The zero-order chi connectivity index (χ0) is 17.1. The summed E-state index contributed by atoms with van der Waals surface area (Å²) in [7, 11) is 6.42. The van der Waals surface area contributed by atoms with Gasteiger partial charge in [0.15, 0.2) is 11.5 Å². The SMILES string of the molecule is COc1cc(/C=C/c2cc(C)n(C)c(=O)[n+]2C)cc(OC)c1O. The zero-order valence-corrected chi connectivity index (χ0v) is 14.0. The van der Waals surface area contributed by atoms with Gasteiger partial charge in [-0.3, -0.25) is 0 Å². The molecule has 2 rings (SSSR count). The molecule has 1 heterocycles. The summed E-state index contributed by atoms with van der Waals surface area (Å²) in [6, 6.07) is 5.32. The molecule has 0 bridgehead atoms. The third-order valence-corrected chi connectivity index (χ3v) is 3.80. The fourth-order valence-corrected chi connectivity index (χ4v) is 2.25.